The van der Waals surface area contributed by atoms with Crippen molar-refractivity contribution < 1.29 is 57.4 Å². The lowest BCUT2D eigenvalue weighted by atomic mass is 9.67. The van der Waals surface area contributed by atoms with E-state index < -0.39 is 102 Å². The molecule has 1 aliphatic rings. The Labute approximate surface area is 474 Å². The first-order chi connectivity index (χ1) is 37.7. The summed E-state index contributed by atoms with van der Waals surface area (Å²) in [6.07, 6.45) is 7.56. The standard InChI is InChI=1S/C56H86BN10O12P/c1-11-43(61-50(73)45(60-37-68)32-40-20-22-42(23-21-40)79-28-15-12-16-31-80(8,9)10)49(72)38(2)55(24-29-78-30-25-55)53(76)62-44(19-13-14-27-66(6)39(3)69)51(74)64-56(57,34-47(58)70)54(77)63-46(33-41-18-17-26-59-35-41)52(75)67(7)36-48(71)65(4)5/h17-18,20-23,26,35,37-38,43-46H,11-16,19,24-25,27-34,36H2,1-10H3,(H6-,58,60,61,62,63,64,68,70,73,74,76,77)/p+1/t38?,43-,44-,45-,46-,56-/m0/s1. The summed E-state index contributed by atoms with van der Waals surface area (Å²) in [6.45, 7) is 12.3. The van der Waals surface area contributed by atoms with Gasteiger partial charge in [-0.2, -0.15) is 0 Å². The summed E-state index contributed by atoms with van der Waals surface area (Å²) in [6, 6.07) is 5.48. The topological polar surface area (TPSA) is 298 Å². The van der Waals surface area contributed by atoms with Gasteiger partial charge in [0, 0.05) is 120 Å². The minimum atomic E-state index is -2.61. The molecule has 1 unspecified atom stereocenters. The first kappa shape index (κ1) is 67.8. The molecule has 1 aliphatic heterocycles. The summed E-state index contributed by atoms with van der Waals surface area (Å²) in [4.78, 5) is 144. The van der Waals surface area contributed by atoms with Crippen LogP contribution in [-0.4, -0.2) is 204 Å². The van der Waals surface area contributed by atoms with Gasteiger partial charge in [0.05, 0.1) is 36.2 Å². The summed E-state index contributed by atoms with van der Waals surface area (Å²) in [5, 5.41) is 13.2. The fourth-order valence-corrected chi connectivity index (χ4v) is 10.4. The first-order valence-corrected chi connectivity index (χ1v) is 30.7. The Morgan fingerprint density at radius 3 is 2.08 bits per heavy atom. The van der Waals surface area contributed by atoms with Gasteiger partial charge in [0.25, 0.3) is 0 Å². The molecule has 1 saturated heterocycles. The Kier molecular flexibility index (Phi) is 27.7. The van der Waals surface area contributed by atoms with Crippen molar-refractivity contribution in [2.24, 2.45) is 17.1 Å². The van der Waals surface area contributed by atoms with Gasteiger partial charge in [0.15, 0.2) is 5.78 Å². The zero-order valence-corrected chi connectivity index (χ0v) is 49.5. The van der Waals surface area contributed by atoms with E-state index in [1.165, 1.54) is 62.8 Å². The predicted molar refractivity (Wildman–Crippen MR) is 307 cm³/mol. The highest BCUT2D eigenvalue weighted by molar-refractivity contribution is 7.73. The molecule has 7 N–H and O–H groups in total. The number of likely N-dealkylation sites (N-methyl/N-ethyl adjacent to an activating group) is 2. The quantitative estimate of drug-likeness (QED) is 0.0246. The van der Waals surface area contributed by atoms with Crippen LogP contribution in [0.3, 0.4) is 0 Å². The number of hydrogen-bond donors (Lipinski definition) is 6. The summed E-state index contributed by atoms with van der Waals surface area (Å²) >= 11 is 0. The highest BCUT2D eigenvalue weighted by Gasteiger charge is 2.50. The van der Waals surface area contributed by atoms with Crippen molar-refractivity contribution in [1.29, 1.82) is 0 Å². The second-order valence-electron chi connectivity index (χ2n) is 22.1. The average Bonchev–Trinajstić information content (AvgIpc) is 3.42. The van der Waals surface area contributed by atoms with Crippen molar-refractivity contribution in [2.75, 3.05) is 87.3 Å². The second-order valence-corrected chi connectivity index (χ2v) is 27.1. The van der Waals surface area contributed by atoms with Crippen LogP contribution in [0.2, 0.25) is 0 Å². The second kappa shape index (κ2) is 32.7. The zero-order chi connectivity index (χ0) is 59.8. The van der Waals surface area contributed by atoms with Crippen molar-refractivity contribution in [3.8, 4) is 5.75 Å². The number of pyridine rings is 1. The van der Waals surface area contributed by atoms with Gasteiger partial charge in [-0.1, -0.05) is 32.0 Å². The number of hydrogen-bond acceptors (Lipinski definition) is 13. The molecule has 9 amide bonds. The largest absolute Gasteiger partial charge is 0.494 e. The van der Waals surface area contributed by atoms with E-state index in [1.54, 1.807) is 45.2 Å². The minimum Gasteiger partial charge on any atom is -0.494 e. The molecular formula is C56H87BN10O12P+. The van der Waals surface area contributed by atoms with Crippen molar-refractivity contribution in [2.45, 2.75) is 127 Å². The van der Waals surface area contributed by atoms with Crippen LogP contribution in [0, 0.1) is 11.3 Å². The summed E-state index contributed by atoms with van der Waals surface area (Å²) in [5.74, 6) is -6.85. The first-order valence-electron chi connectivity index (χ1n) is 27.4. The number of nitrogens with two attached hydrogens (primary N) is 1. The molecule has 0 aliphatic carbocycles. The smallest absolute Gasteiger partial charge is 0.245 e. The Hall–Kier alpha value is -6.48. The van der Waals surface area contributed by atoms with Gasteiger partial charge in [-0.25, -0.2) is 0 Å². The van der Waals surface area contributed by atoms with Crippen LogP contribution in [0.4, 0.5) is 0 Å². The summed E-state index contributed by atoms with van der Waals surface area (Å²) in [7, 11) is 11.8. The van der Waals surface area contributed by atoms with Crippen molar-refractivity contribution in [3.05, 3.63) is 59.9 Å². The number of aromatic nitrogens is 1. The van der Waals surface area contributed by atoms with Crippen LogP contribution in [0.5, 0.6) is 5.75 Å². The fourth-order valence-electron chi connectivity index (χ4n) is 9.25. The van der Waals surface area contributed by atoms with E-state index in [1.807, 2.05) is 12.1 Å². The Bertz CT molecular complexity index is 2410. The van der Waals surface area contributed by atoms with Gasteiger partial charge >= 0.3 is 0 Å². The highest BCUT2D eigenvalue weighted by atomic mass is 31.2. The number of carbonyl (C=O) groups excluding carboxylic acids is 10. The lowest BCUT2D eigenvalue weighted by Gasteiger charge is -2.42. The summed E-state index contributed by atoms with van der Waals surface area (Å²) in [5.41, 5.74) is 2.75. The van der Waals surface area contributed by atoms with Gasteiger partial charge in [0.1, 0.15) is 31.7 Å². The Morgan fingerprint density at radius 2 is 1.50 bits per heavy atom. The number of nitrogens with one attached hydrogen (secondary N) is 5. The molecule has 1 aromatic carbocycles. The van der Waals surface area contributed by atoms with E-state index in [-0.39, 0.29) is 70.6 Å². The molecule has 3 rings (SSSR count). The normalized spacial score (nSPS) is 15.6. The van der Waals surface area contributed by atoms with E-state index in [0.717, 1.165) is 23.3 Å². The molecule has 6 atom stereocenters. The van der Waals surface area contributed by atoms with E-state index in [9.17, 15) is 47.9 Å². The van der Waals surface area contributed by atoms with Crippen LogP contribution in [0.1, 0.15) is 96.1 Å². The molecule has 0 saturated carbocycles. The maximum absolute atomic E-state index is 15.0. The number of carbonyl (C=O) groups is 10. The minimum absolute atomic E-state index is 0.0348. The van der Waals surface area contributed by atoms with E-state index >= 15 is 0 Å². The van der Waals surface area contributed by atoms with Crippen LogP contribution in [0.25, 0.3) is 0 Å². The van der Waals surface area contributed by atoms with Crippen molar-refractivity contribution in [3.63, 3.8) is 0 Å². The third kappa shape index (κ3) is 21.9. The maximum atomic E-state index is 15.0. The molecule has 2 aromatic rings. The van der Waals surface area contributed by atoms with Gasteiger partial charge in [-0.3, -0.25) is 52.9 Å². The number of ether oxygens (including phenoxy) is 2. The number of unbranched alkanes of at least 4 members (excludes halogenated alkanes) is 3. The van der Waals surface area contributed by atoms with Gasteiger partial charge in [-0.15, -0.1) is 0 Å². The lowest BCUT2D eigenvalue weighted by Crippen LogP contribution is -2.66. The number of rotatable bonds is 35. The van der Waals surface area contributed by atoms with Crippen molar-refractivity contribution >= 4 is 74.6 Å². The number of ketones is 1. The average molecular weight is 1130 g/mol. The lowest BCUT2D eigenvalue weighted by molar-refractivity contribution is -0.150. The van der Waals surface area contributed by atoms with Crippen LogP contribution >= 0.6 is 7.26 Å². The van der Waals surface area contributed by atoms with Crippen LogP contribution in [0.15, 0.2) is 48.8 Å². The van der Waals surface area contributed by atoms with Crippen LogP contribution < -0.4 is 37.1 Å². The third-order valence-corrected chi connectivity index (χ3v) is 16.1. The summed E-state index contributed by atoms with van der Waals surface area (Å²) < 4.78 is 11.6. The fraction of sp³-hybridized carbons (Fsp3) is 0.625. The van der Waals surface area contributed by atoms with Crippen molar-refractivity contribution in [1.82, 2.24) is 46.3 Å². The SMILES string of the molecule is [B][C@@](CC(N)=O)(NC(=O)[C@H](CCCCN(C)C(C)=O)NC(=O)C1(C(C)C(=O)[C@H](CC)NC(=O)[C@H](Cc2ccc(OCCCCC[P+](C)(C)C)cc2)NC=O)CCOCC1)C(=O)N[C@@H](Cc1cccnc1)C(=O)N(C)CC(=O)N(C)C. The molecule has 0 bridgehead atoms. The molecule has 80 heavy (non-hydrogen) atoms. The number of nitrogens with zero attached hydrogens (tertiary/aromatic N) is 4. The van der Waals surface area contributed by atoms with E-state index in [4.69, 9.17) is 23.1 Å². The highest BCUT2D eigenvalue weighted by Crippen LogP contribution is 2.47. The van der Waals surface area contributed by atoms with Crippen LogP contribution in [-0.2, 0) is 65.5 Å². The molecular weight excluding hydrogens is 1050 g/mol. The predicted octanol–water partition coefficient (Wildman–Crippen LogP) is 1.36. The molecule has 1 aromatic heterocycles. The molecule has 2 heterocycles. The van der Waals surface area contributed by atoms with Gasteiger partial charge in [-0.05, 0) is 87.1 Å². The molecule has 1 fully saturated rings. The molecule has 0 spiro atoms. The number of benzene rings is 1. The monoisotopic (exact) mass is 1130 g/mol. The molecule has 2 radical (unpaired) electrons. The number of primary amides is 1. The third-order valence-electron chi connectivity index (χ3n) is 14.5. The molecule has 22 nitrogen and oxygen atoms in total. The van der Waals surface area contributed by atoms with Gasteiger partial charge in [0.2, 0.25) is 53.7 Å². The van der Waals surface area contributed by atoms with E-state index in [0.29, 0.717) is 37.3 Å². The zero-order valence-electron chi connectivity index (χ0n) is 48.6. The maximum Gasteiger partial charge on any atom is 0.245 e. The molecule has 440 valence electrons. The Balaban J connectivity index is 1.90. The Morgan fingerprint density at radius 1 is 0.838 bits per heavy atom. The van der Waals surface area contributed by atoms with E-state index in [2.05, 4.69) is 51.6 Å². The molecule has 24 heteroatoms. The van der Waals surface area contributed by atoms with Gasteiger partial charge < -0.3 is 56.5 Å². The number of Topliss-reactive ketones (excluding diaryl/α,β-unsaturated/α-hetero) is 1. The number of amides is 9.